The summed E-state index contributed by atoms with van der Waals surface area (Å²) in [7, 11) is 0. The molecule has 2 aromatic rings. The SMILES string of the molecule is CCNC(=O)COc1ccc(NC(=O)COc2ccc(C)c(C)c2)cc1. The summed E-state index contributed by atoms with van der Waals surface area (Å²) in [5.41, 5.74) is 2.92. The van der Waals surface area contributed by atoms with Crippen LogP contribution in [0.2, 0.25) is 0 Å². The number of hydrogen-bond donors (Lipinski definition) is 2. The number of aryl methyl sites for hydroxylation is 2. The van der Waals surface area contributed by atoms with Gasteiger partial charge in [-0.25, -0.2) is 0 Å². The third-order valence-corrected chi connectivity index (χ3v) is 3.73. The Hall–Kier alpha value is -3.02. The molecule has 6 heteroatoms. The standard InChI is InChI=1S/C20H24N2O4/c1-4-21-19(23)12-25-17-9-6-16(7-10-17)22-20(24)13-26-18-8-5-14(2)15(3)11-18/h5-11H,4,12-13H2,1-3H3,(H,21,23)(H,22,24). The molecule has 2 amide bonds. The number of rotatable bonds is 8. The number of carbonyl (C=O) groups is 2. The summed E-state index contributed by atoms with van der Waals surface area (Å²) >= 11 is 0. The van der Waals surface area contributed by atoms with Crippen LogP contribution in [0.4, 0.5) is 5.69 Å². The van der Waals surface area contributed by atoms with Crippen molar-refractivity contribution >= 4 is 17.5 Å². The second-order valence-electron chi connectivity index (χ2n) is 5.85. The van der Waals surface area contributed by atoms with Crippen LogP contribution in [0, 0.1) is 13.8 Å². The third kappa shape index (κ3) is 6.12. The van der Waals surface area contributed by atoms with Crippen LogP contribution in [-0.2, 0) is 9.59 Å². The van der Waals surface area contributed by atoms with E-state index in [4.69, 9.17) is 9.47 Å². The minimum Gasteiger partial charge on any atom is -0.484 e. The maximum Gasteiger partial charge on any atom is 0.262 e. The van der Waals surface area contributed by atoms with Gasteiger partial charge in [0.05, 0.1) is 0 Å². The van der Waals surface area contributed by atoms with Crippen LogP contribution in [0.3, 0.4) is 0 Å². The maximum absolute atomic E-state index is 12.0. The van der Waals surface area contributed by atoms with Crippen LogP contribution in [-0.4, -0.2) is 31.6 Å². The number of nitrogens with one attached hydrogen (secondary N) is 2. The van der Waals surface area contributed by atoms with Crippen molar-refractivity contribution in [2.24, 2.45) is 0 Å². The quantitative estimate of drug-likeness (QED) is 0.762. The van der Waals surface area contributed by atoms with E-state index >= 15 is 0 Å². The van der Waals surface area contributed by atoms with Crippen molar-refractivity contribution in [1.29, 1.82) is 0 Å². The average Bonchev–Trinajstić information content (AvgIpc) is 2.62. The fourth-order valence-corrected chi connectivity index (χ4v) is 2.18. The highest BCUT2D eigenvalue weighted by atomic mass is 16.5. The van der Waals surface area contributed by atoms with Gasteiger partial charge in [0.25, 0.3) is 11.8 Å². The van der Waals surface area contributed by atoms with Crippen molar-refractivity contribution in [1.82, 2.24) is 5.32 Å². The van der Waals surface area contributed by atoms with Crippen molar-refractivity contribution in [3.8, 4) is 11.5 Å². The molecule has 0 aliphatic heterocycles. The smallest absolute Gasteiger partial charge is 0.262 e. The Bertz CT molecular complexity index is 757. The molecule has 0 unspecified atom stereocenters. The van der Waals surface area contributed by atoms with E-state index in [-0.39, 0.29) is 25.0 Å². The van der Waals surface area contributed by atoms with Gasteiger partial charge in [0, 0.05) is 12.2 Å². The van der Waals surface area contributed by atoms with E-state index in [0.717, 1.165) is 5.56 Å². The molecular weight excluding hydrogens is 332 g/mol. The minimum atomic E-state index is -0.251. The average molecular weight is 356 g/mol. The lowest BCUT2D eigenvalue weighted by Crippen LogP contribution is -2.28. The molecule has 2 aromatic carbocycles. The zero-order chi connectivity index (χ0) is 18.9. The first kappa shape index (κ1) is 19.3. The van der Waals surface area contributed by atoms with Crippen molar-refractivity contribution in [2.75, 3.05) is 25.1 Å². The highest BCUT2D eigenvalue weighted by molar-refractivity contribution is 5.91. The molecule has 0 saturated carbocycles. The monoisotopic (exact) mass is 356 g/mol. The lowest BCUT2D eigenvalue weighted by Gasteiger charge is -2.10. The largest absolute Gasteiger partial charge is 0.484 e. The summed E-state index contributed by atoms with van der Waals surface area (Å²) in [4.78, 5) is 23.3. The second-order valence-corrected chi connectivity index (χ2v) is 5.85. The molecule has 6 nitrogen and oxygen atoms in total. The molecule has 0 aromatic heterocycles. The number of likely N-dealkylation sites (N-methyl/N-ethyl adjacent to an activating group) is 1. The van der Waals surface area contributed by atoms with E-state index in [1.165, 1.54) is 5.56 Å². The molecule has 0 fully saturated rings. The van der Waals surface area contributed by atoms with E-state index in [2.05, 4.69) is 10.6 Å². The molecule has 0 atom stereocenters. The molecule has 2 rings (SSSR count). The summed E-state index contributed by atoms with van der Waals surface area (Å²) in [5, 5.41) is 5.40. The summed E-state index contributed by atoms with van der Waals surface area (Å²) in [5.74, 6) is 0.797. The van der Waals surface area contributed by atoms with E-state index in [1.807, 2.05) is 39.0 Å². The predicted octanol–water partition coefficient (Wildman–Crippen LogP) is 2.84. The van der Waals surface area contributed by atoms with E-state index in [9.17, 15) is 9.59 Å². The highest BCUT2D eigenvalue weighted by Gasteiger charge is 2.06. The number of ether oxygens (including phenoxy) is 2. The van der Waals surface area contributed by atoms with Crippen molar-refractivity contribution in [3.05, 3.63) is 53.6 Å². The lowest BCUT2D eigenvalue weighted by atomic mass is 10.1. The van der Waals surface area contributed by atoms with E-state index in [1.54, 1.807) is 24.3 Å². The first-order valence-electron chi connectivity index (χ1n) is 8.47. The third-order valence-electron chi connectivity index (χ3n) is 3.73. The van der Waals surface area contributed by atoms with Crippen LogP contribution in [0.5, 0.6) is 11.5 Å². The van der Waals surface area contributed by atoms with E-state index in [0.29, 0.717) is 23.7 Å². The zero-order valence-electron chi connectivity index (χ0n) is 15.3. The van der Waals surface area contributed by atoms with Gasteiger partial charge in [-0.2, -0.15) is 0 Å². The molecule has 26 heavy (non-hydrogen) atoms. The summed E-state index contributed by atoms with van der Waals surface area (Å²) < 4.78 is 10.9. The number of carbonyl (C=O) groups excluding carboxylic acids is 2. The van der Waals surface area contributed by atoms with Gasteiger partial charge in [0.1, 0.15) is 11.5 Å². The van der Waals surface area contributed by atoms with Gasteiger partial charge < -0.3 is 20.1 Å². The molecule has 0 saturated heterocycles. The highest BCUT2D eigenvalue weighted by Crippen LogP contribution is 2.17. The Kier molecular flexibility index (Phi) is 7.02. The van der Waals surface area contributed by atoms with Gasteiger partial charge in [-0.05, 0) is 68.3 Å². The van der Waals surface area contributed by atoms with Crippen molar-refractivity contribution in [2.45, 2.75) is 20.8 Å². The first-order valence-corrected chi connectivity index (χ1v) is 8.47. The molecule has 0 spiro atoms. The minimum absolute atomic E-state index is 0.0383. The van der Waals surface area contributed by atoms with Crippen LogP contribution in [0.1, 0.15) is 18.1 Å². The summed E-state index contributed by atoms with van der Waals surface area (Å²) in [6, 6.07) is 12.5. The molecule has 0 aliphatic rings. The van der Waals surface area contributed by atoms with Gasteiger partial charge in [0.15, 0.2) is 13.2 Å². The van der Waals surface area contributed by atoms with Crippen LogP contribution < -0.4 is 20.1 Å². The molecular formula is C20H24N2O4. The number of hydrogen-bond acceptors (Lipinski definition) is 4. The molecule has 0 bridgehead atoms. The molecule has 2 N–H and O–H groups in total. The van der Waals surface area contributed by atoms with Crippen molar-refractivity contribution in [3.63, 3.8) is 0 Å². The van der Waals surface area contributed by atoms with Gasteiger partial charge >= 0.3 is 0 Å². The predicted molar refractivity (Wildman–Crippen MR) is 101 cm³/mol. The molecule has 0 heterocycles. The van der Waals surface area contributed by atoms with Gasteiger partial charge in [0.2, 0.25) is 0 Å². The molecule has 0 radical (unpaired) electrons. The van der Waals surface area contributed by atoms with Gasteiger partial charge in [-0.3, -0.25) is 9.59 Å². The van der Waals surface area contributed by atoms with Gasteiger partial charge in [-0.1, -0.05) is 6.07 Å². The summed E-state index contributed by atoms with van der Waals surface area (Å²) in [6.07, 6.45) is 0. The Labute approximate surface area is 153 Å². The van der Waals surface area contributed by atoms with Crippen LogP contribution in [0.25, 0.3) is 0 Å². The topological polar surface area (TPSA) is 76.7 Å². The lowest BCUT2D eigenvalue weighted by molar-refractivity contribution is -0.123. The maximum atomic E-state index is 12.0. The number of benzene rings is 2. The van der Waals surface area contributed by atoms with Crippen LogP contribution >= 0.6 is 0 Å². The fourth-order valence-electron chi connectivity index (χ4n) is 2.18. The second kappa shape index (κ2) is 9.46. The fraction of sp³-hybridized carbons (Fsp3) is 0.300. The Morgan fingerprint density at radius 2 is 1.46 bits per heavy atom. The number of anilines is 1. The zero-order valence-corrected chi connectivity index (χ0v) is 15.3. The Morgan fingerprint density at radius 3 is 2.12 bits per heavy atom. The van der Waals surface area contributed by atoms with E-state index < -0.39 is 0 Å². The molecule has 0 aliphatic carbocycles. The van der Waals surface area contributed by atoms with Crippen molar-refractivity contribution < 1.29 is 19.1 Å². The Morgan fingerprint density at radius 1 is 0.846 bits per heavy atom. The Balaban J connectivity index is 1.79. The first-order chi connectivity index (χ1) is 12.5. The normalized spacial score (nSPS) is 10.1. The number of amides is 2. The summed E-state index contributed by atoms with van der Waals surface area (Å²) in [6.45, 7) is 6.32. The van der Waals surface area contributed by atoms with Crippen LogP contribution in [0.15, 0.2) is 42.5 Å². The molecule has 138 valence electrons. The van der Waals surface area contributed by atoms with Gasteiger partial charge in [-0.15, -0.1) is 0 Å².